The Morgan fingerprint density at radius 1 is 1.19 bits per heavy atom. The van der Waals surface area contributed by atoms with Crippen LogP contribution in [-0.2, 0) is 27.7 Å². The normalized spacial score (nSPS) is 23.9. The van der Waals surface area contributed by atoms with Gasteiger partial charge in [0.2, 0.25) is 15.9 Å². The Hall–Kier alpha value is -1.15. The van der Waals surface area contributed by atoms with E-state index in [1.807, 2.05) is 11.0 Å². The highest BCUT2D eigenvalue weighted by Crippen LogP contribution is 2.30. The predicted octanol–water partition coefficient (Wildman–Crippen LogP) is 1.80. The van der Waals surface area contributed by atoms with E-state index in [2.05, 4.69) is 6.92 Å². The van der Waals surface area contributed by atoms with E-state index in [1.54, 1.807) is 23.4 Å². The van der Waals surface area contributed by atoms with E-state index in [0.29, 0.717) is 37.5 Å². The maximum Gasteiger partial charge on any atom is 0.243 e. The molecule has 0 saturated carbocycles. The molecule has 6 nitrogen and oxygen atoms in total. The summed E-state index contributed by atoms with van der Waals surface area (Å²) < 4.78 is 28.1. The second-order valence-corrected chi connectivity index (χ2v) is 9.37. The zero-order valence-corrected chi connectivity index (χ0v) is 17.7. The summed E-state index contributed by atoms with van der Waals surface area (Å²) in [5.74, 6) is 0.340. The molecule has 2 unspecified atom stereocenters. The molecule has 2 N–H and O–H groups in total. The summed E-state index contributed by atoms with van der Waals surface area (Å²) in [5, 5.41) is 0. The number of carbonyl (C=O) groups is 1. The largest absolute Gasteiger partial charge is 0.342 e. The van der Waals surface area contributed by atoms with E-state index in [4.69, 9.17) is 5.73 Å². The van der Waals surface area contributed by atoms with Crippen molar-refractivity contribution in [1.82, 2.24) is 9.21 Å². The highest BCUT2D eigenvalue weighted by Gasteiger charge is 2.36. The first kappa shape index (κ1) is 22.1. The lowest BCUT2D eigenvalue weighted by atomic mass is 9.93. The zero-order chi connectivity index (χ0) is 18.9. The van der Waals surface area contributed by atoms with Gasteiger partial charge in [-0.3, -0.25) is 4.79 Å². The summed E-state index contributed by atoms with van der Waals surface area (Å²) in [5.41, 5.74) is 8.06. The van der Waals surface area contributed by atoms with Gasteiger partial charge in [0.25, 0.3) is 0 Å². The number of rotatable bonds is 3. The molecular formula is C19H30ClN3O3S. The maximum atomic E-state index is 13.3. The van der Waals surface area contributed by atoms with Gasteiger partial charge >= 0.3 is 0 Å². The van der Waals surface area contributed by atoms with Crippen LogP contribution in [0.2, 0.25) is 0 Å². The second-order valence-electron chi connectivity index (χ2n) is 7.47. The summed E-state index contributed by atoms with van der Waals surface area (Å²) in [6, 6.07) is 5.29. The Kier molecular flexibility index (Phi) is 7.30. The topological polar surface area (TPSA) is 83.7 Å². The Balaban J connectivity index is 0.00000261. The molecule has 0 aromatic heterocycles. The van der Waals surface area contributed by atoms with E-state index in [0.717, 1.165) is 30.4 Å². The van der Waals surface area contributed by atoms with Gasteiger partial charge in [0.15, 0.2) is 0 Å². The molecule has 2 aliphatic heterocycles. The highest BCUT2D eigenvalue weighted by molar-refractivity contribution is 7.89. The van der Waals surface area contributed by atoms with Crippen molar-refractivity contribution in [2.75, 3.05) is 26.2 Å². The van der Waals surface area contributed by atoms with Crippen LogP contribution in [0.4, 0.5) is 0 Å². The van der Waals surface area contributed by atoms with Crippen molar-refractivity contribution >= 4 is 28.3 Å². The molecule has 2 heterocycles. The minimum atomic E-state index is -3.56. The van der Waals surface area contributed by atoms with Crippen LogP contribution in [0.5, 0.6) is 0 Å². The van der Waals surface area contributed by atoms with Crippen LogP contribution in [0.3, 0.4) is 0 Å². The van der Waals surface area contributed by atoms with E-state index < -0.39 is 10.0 Å². The molecule has 1 fully saturated rings. The van der Waals surface area contributed by atoms with Gasteiger partial charge in [0.05, 0.1) is 4.90 Å². The van der Waals surface area contributed by atoms with Gasteiger partial charge in [-0.1, -0.05) is 13.0 Å². The Morgan fingerprint density at radius 2 is 1.85 bits per heavy atom. The van der Waals surface area contributed by atoms with E-state index in [-0.39, 0.29) is 30.3 Å². The summed E-state index contributed by atoms with van der Waals surface area (Å²) in [4.78, 5) is 13.8. The monoisotopic (exact) mass is 415 g/mol. The fourth-order valence-electron chi connectivity index (χ4n) is 4.17. The fourth-order valence-corrected chi connectivity index (χ4v) is 5.99. The van der Waals surface area contributed by atoms with Crippen LogP contribution >= 0.6 is 12.4 Å². The van der Waals surface area contributed by atoms with Gasteiger partial charge in [-0.05, 0) is 54.9 Å². The van der Waals surface area contributed by atoms with Crippen molar-refractivity contribution < 1.29 is 13.2 Å². The van der Waals surface area contributed by atoms with Crippen molar-refractivity contribution in [2.45, 2.75) is 50.5 Å². The van der Waals surface area contributed by atoms with Crippen LogP contribution < -0.4 is 5.73 Å². The lowest BCUT2D eigenvalue weighted by Gasteiger charge is -2.38. The lowest BCUT2D eigenvalue weighted by Crippen LogP contribution is -2.51. The predicted molar refractivity (Wildman–Crippen MR) is 108 cm³/mol. The number of piperidine rings is 1. The number of nitrogens with two attached hydrogens (primary N) is 1. The number of nitrogens with zero attached hydrogens (tertiary/aromatic N) is 2. The zero-order valence-electron chi connectivity index (χ0n) is 16.1. The summed E-state index contributed by atoms with van der Waals surface area (Å²) in [6.07, 6.45) is 3.34. The number of fused-ring (bicyclic) bond motifs is 1. The van der Waals surface area contributed by atoms with Gasteiger partial charge in [-0.2, -0.15) is 4.31 Å². The number of sulfonamides is 1. The first-order valence-corrected chi connectivity index (χ1v) is 10.9. The average Bonchev–Trinajstić information content (AvgIpc) is 2.83. The van der Waals surface area contributed by atoms with Crippen molar-refractivity contribution in [3.63, 3.8) is 0 Å². The van der Waals surface area contributed by atoms with Crippen molar-refractivity contribution in [3.8, 4) is 0 Å². The van der Waals surface area contributed by atoms with E-state index in [9.17, 15) is 13.2 Å². The molecule has 152 valence electrons. The minimum absolute atomic E-state index is 0. The third kappa shape index (κ3) is 4.47. The molecule has 2 atom stereocenters. The van der Waals surface area contributed by atoms with Gasteiger partial charge in [0.1, 0.15) is 0 Å². The SMILES string of the molecule is CC(=O)N1CCc2ccc(S(=O)(=O)N3CCCC(C)C3CN)cc2CC1.Cl. The van der Waals surface area contributed by atoms with Crippen LogP contribution in [-0.4, -0.2) is 55.8 Å². The third-order valence-corrected chi connectivity index (χ3v) is 7.76. The quantitative estimate of drug-likeness (QED) is 0.815. The Morgan fingerprint density at radius 3 is 2.48 bits per heavy atom. The molecule has 2 aliphatic rings. The fraction of sp³-hybridized carbons (Fsp3) is 0.632. The molecule has 8 heteroatoms. The molecule has 1 saturated heterocycles. The third-order valence-electron chi connectivity index (χ3n) is 5.84. The minimum Gasteiger partial charge on any atom is -0.342 e. The van der Waals surface area contributed by atoms with Gasteiger partial charge in [0, 0.05) is 39.1 Å². The number of hydrogen-bond acceptors (Lipinski definition) is 4. The average molecular weight is 416 g/mol. The smallest absolute Gasteiger partial charge is 0.243 e. The molecule has 0 radical (unpaired) electrons. The number of halogens is 1. The van der Waals surface area contributed by atoms with Crippen LogP contribution in [0.15, 0.2) is 23.1 Å². The molecule has 27 heavy (non-hydrogen) atoms. The molecule has 1 aromatic rings. The summed E-state index contributed by atoms with van der Waals surface area (Å²) in [7, 11) is -3.56. The number of amides is 1. The van der Waals surface area contributed by atoms with E-state index >= 15 is 0 Å². The van der Waals surface area contributed by atoms with Crippen molar-refractivity contribution in [3.05, 3.63) is 29.3 Å². The molecular weight excluding hydrogens is 386 g/mol. The van der Waals surface area contributed by atoms with Crippen molar-refractivity contribution in [2.24, 2.45) is 11.7 Å². The first-order valence-electron chi connectivity index (χ1n) is 9.44. The van der Waals surface area contributed by atoms with Gasteiger partial charge in [-0.25, -0.2) is 8.42 Å². The Labute approximate surface area is 168 Å². The summed E-state index contributed by atoms with van der Waals surface area (Å²) in [6.45, 7) is 5.86. The lowest BCUT2D eigenvalue weighted by molar-refractivity contribution is -0.128. The number of benzene rings is 1. The summed E-state index contributed by atoms with van der Waals surface area (Å²) >= 11 is 0. The number of hydrogen-bond donors (Lipinski definition) is 1. The van der Waals surface area contributed by atoms with Gasteiger partial charge < -0.3 is 10.6 Å². The van der Waals surface area contributed by atoms with Gasteiger partial charge in [-0.15, -0.1) is 12.4 Å². The molecule has 0 spiro atoms. The molecule has 3 rings (SSSR count). The first-order chi connectivity index (χ1) is 12.3. The maximum absolute atomic E-state index is 13.3. The molecule has 1 amide bonds. The Bertz CT molecular complexity index is 784. The highest BCUT2D eigenvalue weighted by atomic mass is 35.5. The second kappa shape index (κ2) is 8.90. The van der Waals surface area contributed by atoms with Crippen LogP contribution in [0.25, 0.3) is 0 Å². The molecule has 0 aliphatic carbocycles. The van der Waals surface area contributed by atoms with Crippen LogP contribution in [0.1, 0.15) is 37.8 Å². The van der Waals surface area contributed by atoms with Crippen molar-refractivity contribution in [1.29, 1.82) is 0 Å². The standard InChI is InChI=1S/C19H29N3O3S.ClH/c1-14-4-3-9-22(19(14)13-20)26(24,25)18-6-5-16-7-10-21(15(2)23)11-8-17(16)12-18;/h5-6,12,14,19H,3-4,7-11,13,20H2,1-2H3;1H. The number of carbonyl (C=O) groups excluding carboxylic acids is 1. The van der Waals surface area contributed by atoms with E-state index in [1.165, 1.54) is 0 Å². The molecule has 0 bridgehead atoms. The van der Waals surface area contributed by atoms with Crippen LogP contribution in [0, 0.1) is 5.92 Å². The molecule has 1 aromatic carbocycles.